The molecule has 0 atom stereocenters. The van der Waals surface area contributed by atoms with Gasteiger partial charge >= 0.3 is 0 Å². The van der Waals surface area contributed by atoms with Gasteiger partial charge in [0.05, 0.1) is 15.7 Å². The predicted octanol–water partition coefficient (Wildman–Crippen LogP) is 2.89. The van der Waals surface area contributed by atoms with Gasteiger partial charge in [-0.1, -0.05) is 28.4 Å². The Morgan fingerprint density at radius 1 is 1.15 bits per heavy atom. The number of hydrogen-bond donors (Lipinski definition) is 2. The third kappa shape index (κ3) is 3.49. The molecule has 0 aliphatic heterocycles. The van der Waals surface area contributed by atoms with E-state index in [4.69, 9.17) is 32.5 Å². The summed E-state index contributed by atoms with van der Waals surface area (Å²) in [5.41, 5.74) is 0.127. The van der Waals surface area contributed by atoms with Crippen LogP contribution in [-0.4, -0.2) is 34.7 Å². The summed E-state index contributed by atoms with van der Waals surface area (Å²) in [5.74, 6) is 0.179. The first-order chi connectivity index (χ1) is 12.8. The molecule has 142 valence electrons. The molecule has 0 saturated heterocycles. The zero-order valence-corrected chi connectivity index (χ0v) is 16.0. The Hall–Kier alpha value is -2.25. The zero-order chi connectivity index (χ0) is 19.2. The quantitative estimate of drug-likeness (QED) is 0.764. The predicted molar refractivity (Wildman–Crippen MR) is 98.1 cm³/mol. The number of aromatic nitrogens is 1. The molecule has 2 aromatic rings. The second-order valence-electron chi connectivity index (χ2n) is 7.29. The molecule has 1 aromatic carbocycles. The summed E-state index contributed by atoms with van der Waals surface area (Å²) in [6, 6.07) is 6.42. The van der Waals surface area contributed by atoms with Crippen LogP contribution in [0, 0.1) is 6.92 Å². The number of nitrogens with one attached hydrogen (secondary N) is 2. The average Bonchev–Trinajstić information content (AvgIpc) is 2.99. The van der Waals surface area contributed by atoms with Gasteiger partial charge in [0.1, 0.15) is 5.75 Å². The van der Waals surface area contributed by atoms with Gasteiger partial charge in [-0.2, -0.15) is 0 Å². The van der Waals surface area contributed by atoms with Crippen molar-refractivity contribution in [3.8, 4) is 5.75 Å². The maximum absolute atomic E-state index is 12.2. The van der Waals surface area contributed by atoms with Crippen molar-refractivity contribution in [3.05, 3.63) is 45.8 Å². The molecule has 5 rings (SSSR count). The monoisotopic (exact) mass is 409 g/mol. The van der Waals surface area contributed by atoms with Crippen LogP contribution in [-0.2, 0) is 4.79 Å². The van der Waals surface area contributed by atoms with Crippen LogP contribution in [0.15, 0.2) is 28.8 Å². The Bertz CT molecular complexity index is 907. The third-order valence-electron chi connectivity index (χ3n) is 4.93. The van der Waals surface area contributed by atoms with Gasteiger partial charge in [0, 0.05) is 23.2 Å². The molecule has 3 aliphatic rings. The normalized spacial score (nSPS) is 25.1. The highest BCUT2D eigenvalue weighted by Gasteiger charge is 2.69. The number of nitrogens with zero attached hydrogens (tertiary/aromatic N) is 1. The van der Waals surface area contributed by atoms with Crippen LogP contribution >= 0.6 is 23.2 Å². The zero-order valence-electron chi connectivity index (χ0n) is 14.5. The van der Waals surface area contributed by atoms with Crippen LogP contribution in [0.3, 0.4) is 0 Å². The standard InChI is InChI=1S/C18H17Cl2N3O4/c1-10-4-14(27-23-10)16(25)22-18-7-17(8-18,9-18)21-15(24)6-26-11-2-3-12(19)13(20)5-11/h2-5H,6-9H2,1H3,(H,21,24)(H,22,25). The number of amides is 2. The topological polar surface area (TPSA) is 93.5 Å². The van der Waals surface area contributed by atoms with Crippen molar-refractivity contribution in [2.45, 2.75) is 37.3 Å². The fraction of sp³-hybridized carbons (Fsp3) is 0.389. The number of benzene rings is 1. The average molecular weight is 410 g/mol. The first-order valence-corrected chi connectivity index (χ1v) is 9.19. The molecule has 0 spiro atoms. The summed E-state index contributed by atoms with van der Waals surface area (Å²) >= 11 is 11.8. The summed E-state index contributed by atoms with van der Waals surface area (Å²) in [7, 11) is 0. The smallest absolute Gasteiger partial charge is 0.290 e. The Morgan fingerprint density at radius 2 is 1.85 bits per heavy atom. The van der Waals surface area contributed by atoms with E-state index in [1.54, 1.807) is 31.2 Å². The molecule has 3 aliphatic carbocycles. The van der Waals surface area contributed by atoms with Crippen molar-refractivity contribution in [2.75, 3.05) is 6.61 Å². The summed E-state index contributed by atoms with van der Waals surface area (Å²) in [6.07, 6.45) is 2.08. The summed E-state index contributed by atoms with van der Waals surface area (Å²) in [6.45, 7) is 1.64. The number of carbonyl (C=O) groups excluding carboxylic acids is 2. The van der Waals surface area contributed by atoms with E-state index < -0.39 is 0 Å². The number of ether oxygens (including phenoxy) is 1. The van der Waals surface area contributed by atoms with Crippen LogP contribution in [0.1, 0.15) is 35.5 Å². The van der Waals surface area contributed by atoms with Gasteiger partial charge in [-0.25, -0.2) is 0 Å². The van der Waals surface area contributed by atoms with E-state index in [1.165, 1.54) is 0 Å². The molecule has 2 amide bonds. The van der Waals surface area contributed by atoms with E-state index in [0.29, 0.717) is 40.8 Å². The highest BCUT2D eigenvalue weighted by Crippen LogP contribution is 2.60. The molecule has 0 radical (unpaired) electrons. The highest BCUT2D eigenvalue weighted by atomic mass is 35.5. The Kier molecular flexibility index (Phi) is 4.31. The SMILES string of the molecule is Cc1cc(C(=O)NC23CC(NC(=O)COc4ccc(Cl)c(Cl)c4)(C2)C3)on1. The molecule has 3 fully saturated rings. The Morgan fingerprint density at radius 3 is 2.48 bits per heavy atom. The Balaban J connectivity index is 1.23. The van der Waals surface area contributed by atoms with Gasteiger partial charge in [-0.15, -0.1) is 0 Å². The first-order valence-electron chi connectivity index (χ1n) is 8.43. The number of rotatable bonds is 6. The molecule has 2 bridgehead atoms. The third-order valence-corrected chi connectivity index (χ3v) is 5.67. The maximum Gasteiger partial charge on any atom is 0.290 e. The summed E-state index contributed by atoms with van der Waals surface area (Å²) in [4.78, 5) is 24.3. The van der Waals surface area contributed by atoms with E-state index in [2.05, 4.69) is 15.8 Å². The lowest BCUT2D eigenvalue weighted by Crippen LogP contribution is -2.84. The van der Waals surface area contributed by atoms with E-state index in [-0.39, 0.29) is 35.3 Å². The second-order valence-corrected chi connectivity index (χ2v) is 8.10. The van der Waals surface area contributed by atoms with E-state index in [9.17, 15) is 9.59 Å². The van der Waals surface area contributed by atoms with Crippen LogP contribution in [0.25, 0.3) is 0 Å². The minimum atomic E-state index is -0.279. The molecular formula is C18H17Cl2N3O4. The maximum atomic E-state index is 12.2. The lowest BCUT2D eigenvalue weighted by molar-refractivity contribution is -0.141. The van der Waals surface area contributed by atoms with Crippen LogP contribution in [0.2, 0.25) is 10.0 Å². The molecule has 1 heterocycles. The lowest BCUT2D eigenvalue weighted by Gasteiger charge is -2.70. The van der Waals surface area contributed by atoms with Gasteiger partial charge in [0.2, 0.25) is 5.76 Å². The Labute approximate surface area is 165 Å². The van der Waals surface area contributed by atoms with Crippen molar-refractivity contribution in [1.82, 2.24) is 15.8 Å². The molecule has 7 nitrogen and oxygen atoms in total. The van der Waals surface area contributed by atoms with E-state index in [1.807, 2.05) is 0 Å². The molecule has 0 unspecified atom stereocenters. The molecule has 3 saturated carbocycles. The summed E-state index contributed by atoms with van der Waals surface area (Å²) in [5, 5.41) is 10.5. The first kappa shape index (κ1) is 18.1. The fourth-order valence-corrected chi connectivity index (χ4v) is 4.16. The summed E-state index contributed by atoms with van der Waals surface area (Å²) < 4.78 is 10.4. The highest BCUT2D eigenvalue weighted by molar-refractivity contribution is 6.42. The molecule has 27 heavy (non-hydrogen) atoms. The van der Waals surface area contributed by atoms with E-state index in [0.717, 1.165) is 0 Å². The van der Waals surface area contributed by atoms with Gasteiger partial charge in [-0.3, -0.25) is 9.59 Å². The van der Waals surface area contributed by atoms with Gasteiger partial charge in [0.25, 0.3) is 11.8 Å². The van der Waals surface area contributed by atoms with Crippen LogP contribution in [0.5, 0.6) is 5.75 Å². The molecule has 9 heteroatoms. The van der Waals surface area contributed by atoms with Crippen molar-refractivity contribution < 1.29 is 18.8 Å². The fourth-order valence-electron chi connectivity index (χ4n) is 3.87. The van der Waals surface area contributed by atoms with Crippen LogP contribution in [0.4, 0.5) is 0 Å². The van der Waals surface area contributed by atoms with Crippen LogP contribution < -0.4 is 15.4 Å². The van der Waals surface area contributed by atoms with Crippen molar-refractivity contribution in [1.29, 1.82) is 0 Å². The van der Waals surface area contributed by atoms with E-state index >= 15 is 0 Å². The van der Waals surface area contributed by atoms with Gasteiger partial charge in [0.15, 0.2) is 6.61 Å². The van der Waals surface area contributed by atoms with Crippen molar-refractivity contribution >= 4 is 35.0 Å². The molecule has 1 aromatic heterocycles. The van der Waals surface area contributed by atoms with Gasteiger partial charge in [-0.05, 0) is 38.3 Å². The second kappa shape index (κ2) is 6.42. The lowest BCUT2D eigenvalue weighted by atomic mass is 9.44. The van der Waals surface area contributed by atoms with Crippen molar-refractivity contribution in [2.24, 2.45) is 0 Å². The van der Waals surface area contributed by atoms with Gasteiger partial charge < -0.3 is 19.9 Å². The molecular weight excluding hydrogens is 393 g/mol. The number of aryl methyl sites for hydroxylation is 1. The van der Waals surface area contributed by atoms with Crippen molar-refractivity contribution in [3.63, 3.8) is 0 Å². The largest absolute Gasteiger partial charge is 0.484 e. The minimum Gasteiger partial charge on any atom is -0.484 e. The number of hydrogen-bond acceptors (Lipinski definition) is 5. The molecule has 2 N–H and O–H groups in total. The number of halogens is 2. The number of carbonyl (C=O) groups is 2. The minimum absolute atomic E-state index is 0.115.